The Morgan fingerprint density at radius 1 is 1.43 bits per heavy atom. The summed E-state index contributed by atoms with van der Waals surface area (Å²) >= 11 is 0. The summed E-state index contributed by atoms with van der Waals surface area (Å²) in [5.74, 6) is -1.38. The number of rotatable bonds is 3. The van der Waals surface area contributed by atoms with Gasteiger partial charge in [-0.25, -0.2) is 8.78 Å². The Labute approximate surface area is 80.7 Å². The van der Waals surface area contributed by atoms with E-state index in [1.165, 1.54) is 13.2 Å². The maximum Gasteiger partial charge on any atom is 0.168 e. The molecule has 0 atom stereocenters. The molecule has 0 bridgehead atoms. The first-order valence-corrected chi connectivity index (χ1v) is 4.08. The Kier molecular flexibility index (Phi) is 3.41. The molecule has 0 spiro atoms. The summed E-state index contributed by atoms with van der Waals surface area (Å²) in [5.41, 5.74) is 0.381. The van der Waals surface area contributed by atoms with E-state index in [4.69, 9.17) is 10.00 Å². The molecule has 0 N–H and O–H groups in total. The van der Waals surface area contributed by atoms with E-state index in [1.807, 2.05) is 6.07 Å². The van der Waals surface area contributed by atoms with Crippen molar-refractivity contribution in [1.82, 2.24) is 0 Å². The minimum absolute atomic E-state index is 0.0154. The minimum Gasteiger partial charge on any atom is -0.493 e. The summed E-state index contributed by atoms with van der Waals surface area (Å²) in [7, 11) is 1.31. The minimum atomic E-state index is -0.736. The molecule has 0 amide bonds. The van der Waals surface area contributed by atoms with Gasteiger partial charge in [0.05, 0.1) is 13.2 Å². The molecule has 0 aromatic heterocycles. The predicted molar refractivity (Wildman–Crippen MR) is 46.8 cm³/mol. The molecule has 0 aliphatic carbocycles. The summed E-state index contributed by atoms with van der Waals surface area (Å²) in [4.78, 5) is 0. The van der Waals surface area contributed by atoms with Crippen LogP contribution in [0.2, 0.25) is 0 Å². The van der Waals surface area contributed by atoms with Gasteiger partial charge in [-0.15, -0.1) is 0 Å². The molecule has 1 rings (SSSR count). The van der Waals surface area contributed by atoms with Crippen LogP contribution in [0, 0.1) is 23.0 Å². The second-order valence-electron chi connectivity index (χ2n) is 2.74. The van der Waals surface area contributed by atoms with E-state index in [2.05, 4.69) is 0 Å². The van der Waals surface area contributed by atoms with Gasteiger partial charge in [-0.3, -0.25) is 0 Å². The average Bonchev–Trinajstić information content (AvgIpc) is 2.14. The third-order valence-corrected chi connectivity index (χ3v) is 1.80. The van der Waals surface area contributed by atoms with Crippen molar-refractivity contribution in [3.05, 3.63) is 29.3 Å². The SMILES string of the molecule is COc1c(F)cc(F)cc1CCC#N. The lowest BCUT2D eigenvalue weighted by atomic mass is 10.1. The summed E-state index contributed by atoms with van der Waals surface area (Å²) in [6.45, 7) is 0. The molecule has 0 aliphatic rings. The van der Waals surface area contributed by atoms with Gasteiger partial charge in [0.25, 0.3) is 0 Å². The van der Waals surface area contributed by atoms with Crippen LogP contribution in [0.15, 0.2) is 12.1 Å². The van der Waals surface area contributed by atoms with Gasteiger partial charge in [-0.2, -0.15) is 5.26 Å². The van der Waals surface area contributed by atoms with E-state index < -0.39 is 11.6 Å². The van der Waals surface area contributed by atoms with E-state index in [1.54, 1.807) is 0 Å². The van der Waals surface area contributed by atoms with Crippen molar-refractivity contribution in [2.24, 2.45) is 0 Å². The average molecular weight is 197 g/mol. The largest absolute Gasteiger partial charge is 0.493 e. The predicted octanol–water partition coefficient (Wildman–Crippen LogP) is 2.43. The number of hydrogen-bond acceptors (Lipinski definition) is 2. The monoisotopic (exact) mass is 197 g/mol. The number of benzene rings is 1. The van der Waals surface area contributed by atoms with E-state index in [9.17, 15) is 8.78 Å². The van der Waals surface area contributed by atoms with Gasteiger partial charge in [0.1, 0.15) is 5.82 Å². The molecular weight excluding hydrogens is 188 g/mol. The fourth-order valence-electron chi connectivity index (χ4n) is 1.22. The second-order valence-corrected chi connectivity index (χ2v) is 2.74. The number of methoxy groups -OCH3 is 1. The molecular formula is C10H9F2NO. The summed E-state index contributed by atoms with van der Waals surface area (Å²) in [6, 6.07) is 3.84. The third-order valence-electron chi connectivity index (χ3n) is 1.80. The summed E-state index contributed by atoms with van der Waals surface area (Å²) < 4.78 is 30.7. The van der Waals surface area contributed by atoms with Crippen LogP contribution in [0.5, 0.6) is 5.75 Å². The smallest absolute Gasteiger partial charge is 0.168 e. The molecule has 0 fully saturated rings. The molecule has 74 valence electrons. The molecule has 1 aromatic rings. The number of halogens is 2. The first-order chi connectivity index (χ1) is 6.69. The molecule has 0 radical (unpaired) electrons. The molecule has 0 heterocycles. The first-order valence-electron chi connectivity index (χ1n) is 4.08. The van der Waals surface area contributed by atoms with Crippen molar-refractivity contribution in [1.29, 1.82) is 5.26 Å². The molecule has 0 unspecified atom stereocenters. The molecule has 0 saturated heterocycles. The van der Waals surface area contributed by atoms with E-state index in [0.717, 1.165) is 6.07 Å². The quantitative estimate of drug-likeness (QED) is 0.745. The Hall–Kier alpha value is -1.63. The zero-order chi connectivity index (χ0) is 10.6. The fraction of sp³-hybridized carbons (Fsp3) is 0.300. The maximum atomic E-state index is 13.1. The lowest BCUT2D eigenvalue weighted by Gasteiger charge is -2.07. The zero-order valence-corrected chi connectivity index (χ0v) is 7.68. The Balaban J connectivity index is 3.06. The van der Waals surface area contributed by atoms with Crippen LogP contribution < -0.4 is 4.74 Å². The van der Waals surface area contributed by atoms with Gasteiger partial charge in [0.15, 0.2) is 11.6 Å². The summed E-state index contributed by atoms with van der Waals surface area (Å²) in [5, 5.41) is 8.35. The number of hydrogen-bond donors (Lipinski definition) is 0. The van der Waals surface area contributed by atoms with Gasteiger partial charge >= 0.3 is 0 Å². The molecule has 14 heavy (non-hydrogen) atoms. The van der Waals surface area contributed by atoms with Crippen molar-refractivity contribution in [3.63, 3.8) is 0 Å². The van der Waals surface area contributed by atoms with Crippen molar-refractivity contribution < 1.29 is 13.5 Å². The third kappa shape index (κ3) is 2.19. The van der Waals surface area contributed by atoms with E-state index >= 15 is 0 Å². The number of nitriles is 1. The van der Waals surface area contributed by atoms with Crippen molar-refractivity contribution in [2.45, 2.75) is 12.8 Å². The van der Waals surface area contributed by atoms with Crippen molar-refractivity contribution >= 4 is 0 Å². The molecule has 2 nitrogen and oxygen atoms in total. The Morgan fingerprint density at radius 2 is 2.14 bits per heavy atom. The normalized spacial score (nSPS) is 9.57. The highest BCUT2D eigenvalue weighted by molar-refractivity contribution is 5.35. The van der Waals surface area contributed by atoms with Crippen LogP contribution in [-0.2, 0) is 6.42 Å². The van der Waals surface area contributed by atoms with Crippen molar-refractivity contribution in [3.8, 4) is 11.8 Å². The van der Waals surface area contributed by atoms with Crippen LogP contribution in [0.25, 0.3) is 0 Å². The van der Waals surface area contributed by atoms with Gasteiger partial charge in [-0.1, -0.05) is 0 Å². The van der Waals surface area contributed by atoms with Gasteiger partial charge in [0, 0.05) is 18.1 Å². The number of nitrogens with zero attached hydrogens (tertiary/aromatic N) is 1. The topological polar surface area (TPSA) is 33.0 Å². The maximum absolute atomic E-state index is 13.1. The van der Waals surface area contributed by atoms with Crippen LogP contribution >= 0.6 is 0 Å². The number of ether oxygens (including phenoxy) is 1. The van der Waals surface area contributed by atoms with Gasteiger partial charge in [-0.05, 0) is 12.5 Å². The fourth-order valence-corrected chi connectivity index (χ4v) is 1.22. The Morgan fingerprint density at radius 3 is 2.71 bits per heavy atom. The first kappa shape index (κ1) is 10.5. The molecule has 0 aliphatic heterocycles. The van der Waals surface area contributed by atoms with E-state index in [-0.39, 0.29) is 18.6 Å². The van der Waals surface area contributed by atoms with Crippen molar-refractivity contribution in [2.75, 3.05) is 7.11 Å². The number of aryl methyl sites for hydroxylation is 1. The van der Waals surface area contributed by atoms with Crippen LogP contribution in [0.1, 0.15) is 12.0 Å². The molecule has 1 aromatic carbocycles. The lowest BCUT2D eigenvalue weighted by molar-refractivity contribution is 0.378. The Bertz CT molecular complexity index is 371. The van der Waals surface area contributed by atoms with Crippen LogP contribution in [0.4, 0.5) is 8.78 Å². The highest BCUT2D eigenvalue weighted by Crippen LogP contribution is 2.24. The standard InChI is InChI=1S/C10H9F2NO/c1-14-10-7(3-2-4-13)5-8(11)6-9(10)12/h5-6H,2-3H2,1H3. The molecule has 0 saturated carbocycles. The van der Waals surface area contributed by atoms with E-state index in [0.29, 0.717) is 5.56 Å². The van der Waals surface area contributed by atoms with Crippen LogP contribution in [-0.4, -0.2) is 7.11 Å². The summed E-state index contributed by atoms with van der Waals surface area (Å²) in [6.07, 6.45) is 0.494. The van der Waals surface area contributed by atoms with Gasteiger partial charge < -0.3 is 4.74 Å². The van der Waals surface area contributed by atoms with Gasteiger partial charge in [0.2, 0.25) is 0 Å². The zero-order valence-electron chi connectivity index (χ0n) is 7.68. The molecule has 4 heteroatoms. The second kappa shape index (κ2) is 4.56. The van der Waals surface area contributed by atoms with Crippen LogP contribution in [0.3, 0.4) is 0 Å². The highest BCUT2D eigenvalue weighted by atomic mass is 19.1. The highest BCUT2D eigenvalue weighted by Gasteiger charge is 2.11. The lowest BCUT2D eigenvalue weighted by Crippen LogP contribution is -1.97.